The van der Waals surface area contributed by atoms with E-state index in [9.17, 15) is 0 Å². The summed E-state index contributed by atoms with van der Waals surface area (Å²) in [5.41, 5.74) is 5.74. The number of hydrogen-bond donors (Lipinski definition) is 1. The predicted octanol–water partition coefficient (Wildman–Crippen LogP) is 0.717. The molecule has 0 amide bonds. The average molecular weight is 262 g/mol. The van der Waals surface area contributed by atoms with Crippen molar-refractivity contribution < 1.29 is 4.74 Å². The number of rotatable bonds is 6. The molecule has 7 nitrogen and oxygen atoms in total. The van der Waals surface area contributed by atoms with Crippen LogP contribution in [-0.2, 0) is 4.74 Å². The van der Waals surface area contributed by atoms with Crippen LogP contribution in [0.15, 0.2) is 24.5 Å². The van der Waals surface area contributed by atoms with Crippen LogP contribution in [0, 0.1) is 0 Å². The first-order chi connectivity index (χ1) is 9.20. The number of ether oxygens (including phenoxy) is 1. The summed E-state index contributed by atoms with van der Waals surface area (Å²) < 4.78 is 6.98. The molecule has 0 aliphatic heterocycles. The highest BCUT2D eigenvalue weighted by Gasteiger charge is 2.08. The lowest BCUT2D eigenvalue weighted by Gasteiger charge is -2.18. The van der Waals surface area contributed by atoms with E-state index < -0.39 is 0 Å². The van der Waals surface area contributed by atoms with Gasteiger partial charge in [0.25, 0.3) is 0 Å². The molecule has 0 bridgehead atoms. The molecule has 0 unspecified atom stereocenters. The molecule has 19 heavy (non-hydrogen) atoms. The number of nitrogens with zero attached hydrogens (tertiary/aromatic N) is 5. The fourth-order valence-corrected chi connectivity index (χ4v) is 1.62. The van der Waals surface area contributed by atoms with Crippen molar-refractivity contribution in [2.24, 2.45) is 0 Å². The van der Waals surface area contributed by atoms with E-state index >= 15 is 0 Å². The van der Waals surface area contributed by atoms with Gasteiger partial charge in [0.05, 0.1) is 6.61 Å². The Morgan fingerprint density at radius 2 is 2.26 bits per heavy atom. The second kappa shape index (κ2) is 6.14. The Morgan fingerprint density at radius 3 is 2.95 bits per heavy atom. The van der Waals surface area contributed by atoms with Gasteiger partial charge >= 0.3 is 0 Å². The molecule has 0 aliphatic rings. The maximum atomic E-state index is 5.74. The molecule has 2 aromatic heterocycles. The van der Waals surface area contributed by atoms with E-state index in [0.717, 1.165) is 12.4 Å². The molecule has 0 aromatic carbocycles. The molecule has 2 N–H and O–H groups in total. The first kappa shape index (κ1) is 13.3. The van der Waals surface area contributed by atoms with E-state index in [1.54, 1.807) is 10.9 Å². The summed E-state index contributed by atoms with van der Waals surface area (Å²) in [6.07, 6.45) is 3.50. The van der Waals surface area contributed by atoms with Crippen molar-refractivity contribution in [3.8, 4) is 5.82 Å². The van der Waals surface area contributed by atoms with Crippen molar-refractivity contribution in [3.63, 3.8) is 0 Å². The second-order valence-electron chi connectivity index (χ2n) is 4.01. The van der Waals surface area contributed by atoms with Gasteiger partial charge in [0.15, 0.2) is 5.82 Å². The Hall–Kier alpha value is -2.15. The zero-order chi connectivity index (χ0) is 13.7. The first-order valence-electron chi connectivity index (χ1n) is 6.14. The van der Waals surface area contributed by atoms with Crippen LogP contribution < -0.4 is 10.6 Å². The number of nitrogen functional groups attached to an aromatic ring is 1. The topological polar surface area (TPSA) is 82.1 Å². The summed E-state index contributed by atoms with van der Waals surface area (Å²) in [6.45, 7) is 4.06. The fourth-order valence-electron chi connectivity index (χ4n) is 1.62. The monoisotopic (exact) mass is 262 g/mol. The van der Waals surface area contributed by atoms with Gasteiger partial charge in [-0.2, -0.15) is 15.1 Å². The summed E-state index contributed by atoms with van der Waals surface area (Å²) in [4.78, 5) is 10.4. The largest absolute Gasteiger partial charge is 0.380 e. The van der Waals surface area contributed by atoms with Crippen LogP contribution in [0.4, 0.5) is 11.8 Å². The van der Waals surface area contributed by atoms with Gasteiger partial charge < -0.3 is 15.4 Å². The molecule has 0 atom stereocenters. The van der Waals surface area contributed by atoms with Crippen molar-refractivity contribution in [2.75, 3.05) is 37.4 Å². The van der Waals surface area contributed by atoms with Gasteiger partial charge in [-0.25, -0.2) is 4.68 Å². The Kier molecular flexibility index (Phi) is 4.30. The molecular formula is C12H18N6O. The molecule has 0 radical (unpaired) electrons. The molecule has 102 valence electrons. The van der Waals surface area contributed by atoms with E-state index in [-0.39, 0.29) is 5.95 Å². The lowest BCUT2D eigenvalue weighted by molar-refractivity contribution is 0.154. The lowest BCUT2D eigenvalue weighted by Crippen LogP contribution is -2.24. The molecule has 0 saturated carbocycles. The van der Waals surface area contributed by atoms with Crippen LogP contribution in [0.2, 0.25) is 0 Å². The normalized spacial score (nSPS) is 10.6. The van der Waals surface area contributed by atoms with Gasteiger partial charge in [0, 0.05) is 38.7 Å². The minimum atomic E-state index is 0.228. The number of likely N-dealkylation sites (N-methyl/N-ethyl adjacent to an activating group) is 1. The molecule has 0 saturated heterocycles. The standard InChI is InChI=1S/C12H18N6O/c1-3-19-8-7-17(2)10-9-11(16-12(13)15-10)18-6-4-5-14-18/h4-6,9H,3,7-8H2,1-2H3,(H2,13,15,16). The van der Waals surface area contributed by atoms with Gasteiger partial charge in [-0.05, 0) is 13.0 Å². The summed E-state index contributed by atoms with van der Waals surface area (Å²) >= 11 is 0. The molecule has 2 aromatic rings. The summed E-state index contributed by atoms with van der Waals surface area (Å²) in [7, 11) is 1.94. The number of hydrogen-bond acceptors (Lipinski definition) is 6. The molecule has 2 heterocycles. The number of aromatic nitrogens is 4. The lowest BCUT2D eigenvalue weighted by atomic mass is 10.4. The Bertz CT molecular complexity index is 513. The van der Waals surface area contributed by atoms with E-state index in [0.29, 0.717) is 19.0 Å². The van der Waals surface area contributed by atoms with Crippen molar-refractivity contribution in [2.45, 2.75) is 6.92 Å². The van der Waals surface area contributed by atoms with E-state index in [4.69, 9.17) is 10.5 Å². The Labute approximate surface area is 112 Å². The average Bonchev–Trinajstić information content (AvgIpc) is 2.92. The maximum Gasteiger partial charge on any atom is 0.224 e. The summed E-state index contributed by atoms with van der Waals surface area (Å²) in [6, 6.07) is 3.67. The van der Waals surface area contributed by atoms with Crippen LogP contribution in [0.25, 0.3) is 5.82 Å². The van der Waals surface area contributed by atoms with Crippen molar-refractivity contribution in [1.29, 1.82) is 0 Å². The summed E-state index contributed by atoms with van der Waals surface area (Å²) in [5.74, 6) is 1.62. The Morgan fingerprint density at radius 1 is 1.42 bits per heavy atom. The SMILES string of the molecule is CCOCCN(C)c1cc(-n2cccn2)nc(N)n1. The van der Waals surface area contributed by atoms with Gasteiger partial charge in [-0.1, -0.05) is 0 Å². The molecule has 0 spiro atoms. The quantitative estimate of drug-likeness (QED) is 0.772. The zero-order valence-corrected chi connectivity index (χ0v) is 11.2. The van der Waals surface area contributed by atoms with Crippen LogP contribution in [0.3, 0.4) is 0 Å². The minimum Gasteiger partial charge on any atom is -0.380 e. The molecule has 2 rings (SSSR count). The maximum absolute atomic E-state index is 5.74. The predicted molar refractivity (Wildman–Crippen MR) is 73.3 cm³/mol. The van der Waals surface area contributed by atoms with Crippen LogP contribution in [0.5, 0.6) is 0 Å². The van der Waals surface area contributed by atoms with Gasteiger partial charge in [0.1, 0.15) is 5.82 Å². The fraction of sp³-hybridized carbons (Fsp3) is 0.417. The van der Waals surface area contributed by atoms with Crippen molar-refractivity contribution >= 4 is 11.8 Å². The van der Waals surface area contributed by atoms with Crippen LogP contribution >= 0.6 is 0 Å². The first-order valence-corrected chi connectivity index (χ1v) is 6.14. The van der Waals surface area contributed by atoms with Gasteiger partial charge in [-0.3, -0.25) is 0 Å². The minimum absolute atomic E-state index is 0.228. The van der Waals surface area contributed by atoms with Crippen LogP contribution in [-0.4, -0.2) is 46.6 Å². The van der Waals surface area contributed by atoms with Crippen molar-refractivity contribution in [3.05, 3.63) is 24.5 Å². The van der Waals surface area contributed by atoms with Crippen molar-refractivity contribution in [1.82, 2.24) is 19.7 Å². The third kappa shape index (κ3) is 3.41. The van der Waals surface area contributed by atoms with E-state index in [2.05, 4.69) is 15.1 Å². The van der Waals surface area contributed by atoms with Crippen LogP contribution in [0.1, 0.15) is 6.92 Å². The number of anilines is 2. The summed E-state index contributed by atoms with van der Waals surface area (Å²) in [5, 5.41) is 4.13. The molecule has 0 aliphatic carbocycles. The third-order valence-corrected chi connectivity index (χ3v) is 2.62. The van der Waals surface area contributed by atoms with E-state index in [1.165, 1.54) is 0 Å². The molecule has 7 heteroatoms. The molecule has 0 fully saturated rings. The molecular weight excluding hydrogens is 244 g/mol. The third-order valence-electron chi connectivity index (χ3n) is 2.62. The zero-order valence-electron chi connectivity index (χ0n) is 11.2. The highest BCUT2D eigenvalue weighted by molar-refractivity contribution is 5.47. The highest BCUT2D eigenvalue weighted by atomic mass is 16.5. The number of nitrogens with two attached hydrogens (primary N) is 1. The smallest absolute Gasteiger partial charge is 0.224 e. The van der Waals surface area contributed by atoms with Gasteiger partial charge in [0.2, 0.25) is 5.95 Å². The highest BCUT2D eigenvalue weighted by Crippen LogP contribution is 2.14. The van der Waals surface area contributed by atoms with E-state index in [1.807, 2.05) is 37.2 Å². The van der Waals surface area contributed by atoms with Gasteiger partial charge in [-0.15, -0.1) is 0 Å². The second-order valence-corrected chi connectivity index (χ2v) is 4.01. The Balaban J connectivity index is 2.17.